The molecule has 0 aromatic carbocycles. The number of hydrogen-bond donors (Lipinski definition) is 2. The van der Waals surface area contributed by atoms with Crippen molar-refractivity contribution in [2.75, 3.05) is 17.2 Å². The van der Waals surface area contributed by atoms with Gasteiger partial charge in [0.15, 0.2) is 5.82 Å². The summed E-state index contributed by atoms with van der Waals surface area (Å²) in [5.41, 5.74) is 0. The molecule has 1 aromatic rings. The van der Waals surface area contributed by atoms with E-state index in [9.17, 15) is 0 Å². The lowest BCUT2D eigenvalue weighted by Crippen LogP contribution is -2.34. The number of nitrogens with zero attached hydrogens (tertiary/aromatic N) is 2. The number of aromatic nitrogens is 2. The standard InChI is InChI=1S/C11H17ClN4/c1-3-13-11-14-6-9(12)10(16-11)15-8-4-7(2)5-8/h6-8H,3-5H2,1-2H3,(H2,13,14,15,16). The van der Waals surface area contributed by atoms with Crippen molar-refractivity contribution in [2.24, 2.45) is 5.92 Å². The Morgan fingerprint density at radius 2 is 2.25 bits per heavy atom. The molecule has 5 heteroatoms. The van der Waals surface area contributed by atoms with Crippen LogP contribution in [0.4, 0.5) is 11.8 Å². The Labute approximate surface area is 101 Å². The number of anilines is 2. The minimum atomic E-state index is 0.511. The molecule has 0 bridgehead atoms. The van der Waals surface area contributed by atoms with Crippen LogP contribution in [-0.2, 0) is 0 Å². The fourth-order valence-electron chi connectivity index (χ4n) is 1.93. The smallest absolute Gasteiger partial charge is 0.224 e. The molecule has 1 aliphatic rings. The van der Waals surface area contributed by atoms with Crippen LogP contribution in [0.25, 0.3) is 0 Å². The van der Waals surface area contributed by atoms with E-state index in [1.165, 1.54) is 12.8 Å². The summed E-state index contributed by atoms with van der Waals surface area (Å²) in [7, 11) is 0. The molecule has 1 fully saturated rings. The second-order valence-corrected chi connectivity index (χ2v) is 4.75. The molecule has 4 nitrogen and oxygen atoms in total. The van der Waals surface area contributed by atoms with Crippen molar-refractivity contribution in [3.8, 4) is 0 Å². The average molecular weight is 241 g/mol. The van der Waals surface area contributed by atoms with Crippen molar-refractivity contribution in [3.05, 3.63) is 11.2 Å². The largest absolute Gasteiger partial charge is 0.366 e. The van der Waals surface area contributed by atoms with Gasteiger partial charge in [0.25, 0.3) is 0 Å². The van der Waals surface area contributed by atoms with Crippen molar-refractivity contribution < 1.29 is 0 Å². The molecule has 0 radical (unpaired) electrons. The predicted octanol–water partition coefficient (Wildman–Crippen LogP) is 2.77. The molecular formula is C11H17ClN4. The third-order valence-corrected chi connectivity index (χ3v) is 3.07. The molecule has 16 heavy (non-hydrogen) atoms. The summed E-state index contributed by atoms with van der Waals surface area (Å²) in [6.45, 7) is 5.07. The van der Waals surface area contributed by atoms with Crippen molar-refractivity contribution in [1.29, 1.82) is 0 Å². The first-order valence-electron chi connectivity index (χ1n) is 5.72. The summed E-state index contributed by atoms with van der Waals surface area (Å²) in [6, 6.07) is 0.511. The van der Waals surface area contributed by atoms with Crippen LogP contribution in [0.1, 0.15) is 26.7 Å². The first-order valence-corrected chi connectivity index (χ1v) is 6.09. The second-order valence-electron chi connectivity index (χ2n) is 4.34. The van der Waals surface area contributed by atoms with E-state index >= 15 is 0 Å². The zero-order valence-electron chi connectivity index (χ0n) is 9.63. The van der Waals surface area contributed by atoms with E-state index in [1.54, 1.807) is 6.20 Å². The molecule has 0 spiro atoms. The number of halogens is 1. The van der Waals surface area contributed by atoms with Crippen LogP contribution >= 0.6 is 11.6 Å². The predicted molar refractivity (Wildman–Crippen MR) is 67.0 cm³/mol. The van der Waals surface area contributed by atoms with Crippen molar-refractivity contribution >= 4 is 23.4 Å². The lowest BCUT2D eigenvalue weighted by molar-refractivity contribution is 0.308. The summed E-state index contributed by atoms with van der Waals surface area (Å²) in [6.07, 6.45) is 4.02. The Balaban J connectivity index is 2.03. The number of rotatable bonds is 4. The highest BCUT2D eigenvalue weighted by molar-refractivity contribution is 6.32. The van der Waals surface area contributed by atoms with Crippen molar-refractivity contribution in [2.45, 2.75) is 32.7 Å². The normalized spacial score (nSPS) is 23.7. The van der Waals surface area contributed by atoms with E-state index in [0.717, 1.165) is 18.3 Å². The van der Waals surface area contributed by atoms with E-state index in [-0.39, 0.29) is 0 Å². The Bertz CT molecular complexity index is 363. The molecule has 1 aromatic heterocycles. The van der Waals surface area contributed by atoms with Crippen LogP contribution in [0.2, 0.25) is 5.02 Å². The molecule has 2 N–H and O–H groups in total. The van der Waals surface area contributed by atoms with Crippen LogP contribution in [0.5, 0.6) is 0 Å². The van der Waals surface area contributed by atoms with E-state index in [4.69, 9.17) is 11.6 Å². The molecule has 1 aliphatic carbocycles. The van der Waals surface area contributed by atoms with Crippen LogP contribution < -0.4 is 10.6 Å². The molecule has 0 atom stereocenters. The van der Waals surface area contributed by atoms with Gasteiger partial charge in [-0.25, -0.2) is 4.98 Å². The van der Waals surface area contributed by atoms with E-state index < -0.39 is 0 Å². The monoisotopic (exact) mass is 240 g/mol. The Morgan fingerprint density at radius 1 is 1.50 bits per heavy atom. The van der Waals surface area contributed by atoms with Gasteiger partial charge < -0.3 is 10.6 Å². The fourth-order valence-corrected chi connectivity index (χ4v) is 2.07. The van der Waals surface area contributed by atoms with E-state index in [1.807, 2.05) is 6.92 Å². The van der Waals surface area contributed by atoms with Gasteiger partial charge in [0, 0.05) is 12.6 Å². The number of nitrogens with one attached hydrogen (secondary N) is 2. The van der Waals surface area contributed by atoms with Crippen LogP contribution in [-0.4, -0.2) is 22.6 Å². The highest BCUT2D eigenvalue weighted by Gasteiger charge is 2.26. The molecule has 0 unspecified atom stereocenters. The van der Waals surface area contributed by atoms with Crippen LogP contribution in [0.3, 0.4) is 0 Å². The van der Waals surface area contributed by atoms with Crippen LogP contribution in [0.15, 0.2) is 6.20 Å². The maximum Gasteiger partial charge on any atom is 0.224 e. The SMILES string of the molecule is CCNc1ncc(Cl)c(NC2CC(C)C2)n1. The zero-order valence-corrected chi connectivity index (χ0v) is 10.4. The lowest BCUT2D eigenvalue weighted by Gasteiger charge is -2.33. The summed E-state index contributed by atoms with van der Waals surface area (Å²) in [4.78, 5) is 8.44. The van der Waals surface area contributed by atoms with Gasteiger partial charge in [0.1, 0.15) is 5.02 Å². The molecule has 0 aliphatic heterocycles. The van der Waals surface area contributed by atoms with Crippen molar-refractivity contribution in [1.82, 2.24) is 9.97 Å². The molecular weight excluding hydrogens is 224 g/mol. The van der Waals surface area contributed by atoms with E-state index in [0.29, 0.717) is 17.0 Å². The Kier molecular flexibility index (Phi) is 3.49. The molecule has 1 heterocycles. The van der Waals surface area contributed by atoms with Gasteiger partial charge in [0.2, 0.25) is 5.95 Å². The van der Waals surface area contributed by atoms with Gasteiger partial charge in [-0.1, -0.05) is 18.5 Å². The van der Waals surface area contributed by atoms with Gasteiger partial charge in [0.05, 0.1) is 6.20 Å². The fraction of sp³-hybridized carbons (Fsp3) is 0.636. The summed E-state index contributed by atoms with van der Waals surface area (Å²) < 4.78 is 0. The second kappa shape index (κ2) is 4.87. The van der Waals surface area contributed by atoms with Gasteiger partial charge >= 0.3 is 0 Å². The highest BCUT2D eigenvalue weighted by atomic mass is 35.5. The quantitative estimate of drug-likeness (QED) is 0.850. The minimum Gasteiger partial charge on any atom is -0.366 e. The van der Waals surface area contributed by atoms with Gasteiger partial charge in [-0.2, -0.15) is 4.98 Å². The highest BCUT2D eigenvalue weighted by Crippen LogP contribution is 2.31. The Morgan fingerprint density at radius 3 is 2.88 bits per heavy atom. The van der Waals surface area contributed by atoms with Gasteiger partial charge in [-0.05, 0) is 25.7 Å². The lowest BCUT2D eigenvalue weighted by atomic mass is 9.82. The summed E-state index contributed by atoms with van der Waals surface area (Å²) >= 11 is 6.04. The van der Waals surface area contributed by atoms with Crippen molar-refractivity contribution in [3.63, 3.8) is 0 Å². The first-order chi connectivity index (χ1) is 7.69. The topological polar surface area (TPSA) is 49.8 Å². The van der Waals surface area contributed by atoms with Crippen LogP contribution in [0, 0.1) is 5.92 Å². The molecule has 1 saturated carbocycles. The average Bonchev–Trinajstić information content (AvgIpc) is 2.21. The molecule has 2 rings (SSSR count). The Hall–Kier alpha value is -1.03. The van der Waals surface area contributed by atoms with Gasteiger partial charge in [-0.3, -0.25) is 0 Å². The summed E-state index contributed by atoms with van der Waals surface area (Å²) in [5, 5.41) is 7.01. The van der Waals surface area contributed by atoms with Gasteiger partial charge in [-0.15, -0.1) is 0 Å². The molecule has 0 amide bonds. The van der Waals surface area contributed by atoms with E-state index in [2.05, 4.69) is 27.5 Å². The first kappa shape index (κ1) is 11.5. The molecule has 0 saturated heterocycles. The third kappa shape index (κ3) is 2.55. The maximum absolute atomic E-state index is 6.04. The number of hydrogen-bond acceptors (Lipinski definition) is 4. The minimum absolute atomic E-state index is 0.511. The zero-order chi connectivity index (χ0) is 11.5. The maximum atomic E-state index is 6.04. The summed E-state index contributed by atoms with van der Waals surface area (Å²) in [5.74, 6) is 2.18. The third-order valence-electron chi connectivity index (χ3n) is 2.79. The molecule has 88 valence electrons.